The molecule has 0 radical (unpaired) electrons. The van der Waals surface area contributed by atoms with E-state index in [-0.39, 0.29) is 0 Å². The maximum atomic E-state index is 2.70. The third-order valence-electron chi connectivity index (χ3n) is 10.5. The van der Waals surface area contributed by atoms with Crippen LogP contribution in [0.25, 0.3) is 34.4 Å². The lowest BCUT2D eigenvalue weighted by atomic mass is 9.93. The molecule has 2 aliphatic rings. The van der Waals surface area contributed by atoms with Crippen LogP contribution in [0.1, 0.15) is 106 Å². The van der Waals surface area contributed by atoms with Crippen LogP contribution < -0.4 is 0 Å². The van der Waals surface area contributed by atoms with Gasteiger partial charge >= 0.3 is 0 Å². The van der Waals surface area contributed by atoms with Crippen LogP contribution in [0.5, 0.6) is 0 Å². The number of fused-ring (bicyclic) bond motifs is 2. The van der Waals surface area contributed by atoms with Crippen LogP contribution in [0.3, 0.4) is 0 Å². The quantitative estimate of drug-likeness (QED) is 0.120. The van der Waals surface area contributed by atoms with Gasteiger partial charge in [0.05, 0.1) is 0 Å². The predicted octanol–water partition coefficient (Wildman–Crippen LogP) is 12.6. The lowest BCUT2D eigenvalue weighted by molar-refractivity contribution is 0.697. The second-order valence-electron chi connectivity index (χ2n) is 14.2. The van der Waals surface area contributed by atoms with Crippen LogP contribution in [0.15, 0.2) is 95.3 Å². The topological polar surface area (TPSA) is 0 Å². The molecule has 0 heterocycles. The second-order valence-corrected chi connectivity index (χ2v) is 18.6. The van der Waals surface area contributed by atoms with Crippen LogP contribution in [0.4, 0.5) is 0 Å². The summed E-state index contributed by atoms with van der Waals surface area (Å²) in [6.45, 7) is 14.2. The molecule has 4 aromatic rings. The van der Waals surface area contributed by atoms with Crippen LogP contribution >= 0.6 is 0 Å². The van der Waals surface area contributed by atoms with Gasteiger partial charge in [-0.3, -0.25) is 0 Å². The summed E-state index contributed by atoms with van der Waals surface area (Å²) in [5.41, 5.74) is 14.3. The first-order chi connectivity index (χ1) is 21.3. The molecular formula is C43H50Si. The average Bonchev–Trinajstić information content (AvgIpc) is 3.69. The molecule has 0 aromatic heterocycles. The van der Waals surface area contributed by atoms with Crippen molar-refractivity contribution in [3.8, 4) is 22.3 Å². The Hall–Kier alpha value is -3.42. The Balaban J connectivity index is 1.40. The minimum atomic E-state index is -1.91. The van der Waals surface area contributed by atoms with Crippen molar-refractivity contribution >= 4 is 20.2 Å². The van der Waals surface area contributed by atoms with Crippen LogP contribution in [-0.2, 0) is 12.8 Å². The molecule has 0 N–H and O–H groups in total. The normalized spacial score (nSPS) is 14.2. The van der Waals surface area contributed by atoms with Crippen molar-refractivity contribution < 1.29 is 0 Å². The molecule has 0 aliphatic heterocycles. The second kappa shape index (κ2) is 12.9. The number of allylic oxidation sites excluding steroid dienone is 2. The van der Waals surface area contributed by atoms with Gasteiger partial charge in [0, 0.05) is 0 Å². The SMILES string of the molecule is CCCCCC[Si](C)(C1=Cc2c(cccc2-c2cccc(C(C)C)c2)C1)C1=Cc2c(cccc2-c2cccc(C(C)C)c2)C1. The molecule has 44 heavy (non-hydrogen) atoms. The van der Waals surface area contributed by atoms with E-state index in [9.17, 15) is 0 Å². The summed E-state index contributed by atoms with van der Waals surface area (Å²) >= 11 is 0. The fourth-order valence-electron chi connectivity index (χ4n) is 7.51. The number of hydrogen-bond acceptors (Lipinski definition) is 0. The van der Waals surface area contributed by atoms with Gasteiger partial charge in [-0.05, 0) is 80.3 Å². The highest BCUT2D eigenvalue weighted by molar-refractivity contribution is 6.93. The molecule has 0 unspecified atom stereocenters. The van der Waals surface area contributed by atoms with Crippen molar-refractivity contribution in [1.29, 1.82) is 0 Å². The molecule has 0 bridgehead atoms. The van der Waals surface area contributed by atoms with Crippen molar-refractivity contribution in [2.45, 2.75) is 97.6 Å². The van der Waals surface area contributed by atoms with Gasteiger partial charge in [0.15, 0.2) is 0 Å². The standard InChI is InChI=1S/C43H50Si/c1-7-8-9-10-23-44(6,38-26-36-19-13-21-40(42(36)28-38)34-17-11-15-32(24-34)30(2)3)39-27-37-20-14-22-41(43(37)29-39)35-18-12-16-33(25-35)31(4)5/h11-22,24-25,28-31H,7-10,23,26-27H2,1-6H3. The van der Waals surface area contributed by atoms with E-state index in [1.807, 2.05) is 0 Å². The molecule has 0 atom stereocenters. The minimum Gasteiger partial charge on any atom is -0.0712 e. The largest absolute Gasteiger partial charge is 0.106 e. The summed E-state index contributed by atoms with van der Waals surface area (Å²) in [6.07, 6.45) is 12.8. The highest BCUT2D eigenvalue weighted by Gasteiger charge is 2.39. The number of hydrogen-bond donors (Lipinski definition) is 0. The van der Waals surface area contributed by atoms with E-state index in [4.69, 9.17) is 0 Å². The number of benzene rings is 4. The van der Waals surface area contributed by atoms with Gasteiger partial charge in [0.25, 0.3) is 0 Å². The lowest BCUT2D eigenvalue weighted by Crippen LogP contribution is -2.36. The van der Waals surface area contributed by atoms with Crippen LogP contribution in [0, 0.1) is 0 Å². The fourth-order valence-corrected chi connectivity index (χ4v) is 11.6. The molecule has 0 nitrogen and oxygen atoms in total. The Morgan fingerprint density at radius 2 is 1.07 bits per heavy atom. The summed E-state index contributed by atoms with van der Waals surface area (Å²) < 4.78 is 0. The monoisotopic (exact) mass is 594 g/mol. The van der Waals surface area contributed by atoms with Gasteiger partial charge in [-0.1, -0.05) is 180 Å². The zero-order chi connectivity index (χ0) is 30.8. The fraction of sp³-hybridized carbons (Fsp3) is 0.349. The summed E-state index contributed by atoms with van der Waals surface area (Å²) in [7, 11) is -1.91. The summed E-state index contributed by atoms with van der Waals surface area (Å²) in [6, 6.07) is 33.9. The van der Waals surface area contributed by atoms with Crippen molar-refractivity contribution in [1.82, 2.24) is 0 Å². The van der Waals surface area contributed by atoms with E-state index in [0.717, 1.165) is 12.8 Å². The number of rotatable bonds is 11. The van der Waals surface area contributed by atoms with E-state index in [2.05, 4.69) is 138 Å². The van der Waals surface area contributed by atoms with Crippen molar-refractivity contribution in [3.63, 3.8) is 0 Å². The summed E-state index contributed by atoms with van der Waals surface area (Å²) in [4.78, 5) is 0. The summed E-state index contributed by atoms with van der Waals surface area (Å²) in [5, 5.41) is 3.47. The van der Waals surface area contributed by atoms with Crippen LogP contribution in [0.2, 0.25) is 12.6 Å². The zero-order valence-electron chi connectivity index (χ0n) is 27.8. The van der Waals surface area contributed by atoms with Gasteiger partial charge in [0.2, 0.25) is 0 Å². The Morgan fingerprint density at radius 3 is 1.52 bits per heavy atom. The molecule has 2 aliphatic carbocycles. The first-order valence-corrected chi connectivity index (χ1v) is 19.9. The molecule has 1 heteroatoms. The lowest BCUT2D eigenvalue weighted by Gasteiger charge is -2.31. The van der Waals surface area contributed by atoms with Crippen LogP contribution in [-0.4, -0.2) is 8.07 Å². The maximum absolute atomic E-state index is 2.70. The van der Waals surface area contributed by atoms with Gasteiger partial charge in [-0.2, -0.15) is 0 Å². The van der Waals surface area contributed by atoms with E-state index < -0.39 is 8.07 Å². The third kappa shape index (κ3) is 5.96. The Morgan fingerprint density at radius 1 is 0.591 bits per heavy atom. The van der Waals surface area contributed by atoms with Crippen molar-refractivity contribution in [2.24, 2.45) is 0 Å². The molecular weight excluding hydrogens is 545 g/mol. The zero-order valence-corrected chi connectivity index (χ0v) is 28.8. The minimum absolute atomic E-state index is 0.533. The first kappa shape index (κ1) is 30.6. The van der Waals surface area contributed by atoms with Crippen molar-refractivity contribution in [2.75, 3.05) is 0 Å². The molecule has 6 rings (SSSR count). The van der Waals surface area contributed by atoms with Gasteiger partial charge in [-0.15, -0.1) is 0 Å². The van der Waals surface area contributed by atoms with E-state index >= 15 is 0 Å². The van der Waals surface area contributed by atoms with Gasteiger partial charge in [0.1, 0.15) is 8.07 Å². The first-order valence-electron chi connectivity index (χ1n) is 17.1. The highest BCUT2D eigenvalue weighted by atomic mass is 28.3. The molecule has 0 amide bonds. The Bertz CT molecular complexity index is 1590. The Labute approximate surface area is 268 Å². The smallest absolute Gasteiger partial charge is 0.0712 e. The summed E-state index contributed by atoms with van der Waals surface area (Å²) in [5.74, 6) is 1.07. The highest BCUT2D eigenvalue weighted by Crippen LogP contribution is 2.46. The van der Waals surface area contributed by atoms with Gasteiger partial charge < -0.3 is 0 Å². The predicted molar refractivity (Wildman–Crippen MR) is 196 cm³/mol. The molecule has 0 fully saturated rings. The van der Waals surface area contributed by atoms with Gasteiger partial charge in [-0.25, -0.2) is 0 Å². The number of unbranched alkanes of at least 4 members (excludes halogenated alkanes) is 3. The van der Waals surface area contributed by atoms with E-state index in [1.54, 1.807) is 10.4 Å². The molecule has 0 spiro atoms. The average molecular weight is 595 g/mol. The van der Waals surface area contributed by atoms with Crippen molar-refractivity contribution in [3.05, 3.63) is 129 Å². The molecule has 0 saturated heterocycles. The van der Waals surface area contributed by atoms with E-state index in [1.165, 1.54) is 87.4 Å². The maximum Gasteiger partial charge on any atom is 0.106 e. The molecule has 0 saturated carbocycles. The Kier molecular flexibility index (Phi) is 8.97. The third-order valence-corrected chi connectivity index (χ3v) is 15.3. The molecule has 4 aromatic carbocycles. The van der Waals surface area contributed by atoms with E-state index in [0.29, 0.717) is 11.8 Å². The molecule has 226 valence electrons.